The molecule has 150 valence electrons. The molecule has 0 saturated carbocycles. The molecule has 1 aromatic carbocycles. The first-order valence-corrected chi connectivity index (χ1v) is 10.1. The van der Waals surface area contributed by atoms with Gasteiger partial charge in [-0.25, -0.2) is 9.18 Å². The number of nitrogens with zero attached hydrogens (tertiary/aromatic N) is 3. The summed E-state index contributed by atoms with van der Waals surface area (Å²) in [4.78, 5) is 14.3. The lowest BCUT2D eigenvalue weighted by Crippen LogP contribution is -2.59. The fraction of sp³-hybridized carbons (Fsp3) is 0.421. The molecule has 1 aromatic heterocycles. The summed E-state index contributed by atoms with van der Waals surface area (Å²) in [5.41, 5.74) is -0.715. The number of amides is 2. The summed E-state index contributed by atoms with van der Waals surface area (Å²) in [5, 5.41) is 21.3. The fourth-order valence-corrected chi connectivity index (χ4v) is 4.86. The van der Waals surface area contributed by atoms with Crippen molar-refractivity contribution in [1.82, 2.24) is 15.1 Å². The Morgan fingerprint density at radius 1 is 1.29 bits per heavy atom. The lowest BCUT2D eigenvalue weighted by atomic mass is 9.81. The number of halogens is 1. The summed E-state index contributed by atoms with van der Waals surface area (Å²) in [7, 11) is -1.62. The third-order valence-electron chi connectivity index (χ3n) is 5.31. The highest BCUT2D eigenvalue weighted by molar-refractivity contribution is 7.86. The van der Waals surface area contributed by atoms with Crippen LogP contribution in [0.15, 0.2) is 47.6 Å². The van der Waals surface area contributed by atoms with Gasteiger partial charge in [-0.15, -0.1) is 0 Å². The Bertz CT molecular complexity index is 870. The quantitative estimate of drug-likeness (QED) is 0.814. The van der Waals surface area contributed by atoms with Crippen LogP contribution < -0.4 is 5.32 Å². The SMILES string of the molecule is CC(C)(S(=O)c1cccc(F)c1)C1(O)CCN(C(=O)Nc2ccnnc2)CC1. The maximum Gasteiger partial charge on any atom is 0.321 e. The largest absolute Gasteiger partial charge is 0.388 e. The van der Waals surface area contributed by atoms with Crippen molar-refractivity contribution in [2.75, 3.05) is 18.4 Å². The smallest absolute Gasteiger partial charge is 0.321 e. The Morgan fingerprint density at radius 3 is 2.61 bits per heavy atom. The minimum atomic E-state index is -1.62. The van der Waals surface area contributed by atoms with Crippen LogP contribution in [0.25, 0.3) is 0 Å². The second-order valence-corrected chi connectivity index (χ2v) is 9.35. The minimum Gasteiger partial charge on any atom is -0.388 e. The third-order valence-corrected chi connectivity index (χ3v) is 7.30. The van der Waals surface area contributed by atoms with E-state index >= 15 is 0 Å². The maximum absolute atomic E-state index is 13.5. The average molecular weight is 406 g/mol. The molecule has 0 radical (unpaired) electrons. The number of likely N-dealkylation sites (tertiary alicyclic amines) is 1. The number of piperidine rings is 1. The van der Waals surface area contributed by atoms with E-state index < -0.39 is 27.0 Å². The molecular weight excluding hydrogens is 383 g/mol. The van der Waals surface area contributed by atoms with Crippen molar-refractivity contribution in [3.63, 3.8) is 0 Å². The highest BCUT2D eigenvalue weighted by Crippen LogP contribution is 2.39. The maximum atomic E-state index is 13.5. The molecular formula is C19H23FN4O3S. The number of carbonyl (C=O) groups excluding carboxylic acids is 1. The number of anilines is 1. The summed E-state index contributed by atoms with van der Waals surface area (Å²) in [6, 6.07) is 6.96. The van der Waals surface area contributed by atoms with Gasteiger partial charge in [-0.2, -0.15) is 10.2 Å². The van der Waals surface area contributed by atoms with E-state index in [1.807, 2.05) is 0 Å². The molecule has 1 fully saturated rings. The Balaban J connectivity index is 1.67. The van der Waals surface area contributed by atoms with Gasteiger partial charge in [0, 0.05) is 18.0 Å². The number of rotatable bonds is 4. The number of nitrogens with one attached hydrogen (secondary N) is 1. The summed E-state index contributed by atoms with van der Waals surface area (Å²) >= 11 is 0. The molecule has 0 spiro atoms. The van der Waals surface area contributed by atoms with E-state index in [0.717, 1.165) is 0 Å². The van der Waals surface area contributed by atoms with Gasteiger partial charge in [0.05, 0.1) is 39.2 Å². The zero-order valence-electron chi connectivity index (χ0n) is 15.8. The highest BCUT2D eigenvalue weighted by atomic mass is 32.2. The number of aliphatic hydroxyl groups is 1. The molecule has 1 aliphatic rings. The zero-order valence-corrected chi connectivity index (χ0v) is 16.6. The van der Waals surface area contributed by atoms with Crippen LogP contribution >= 0.6 is 0 Å². The first-order valence-electron chi connectivity index (χ1n) is 8.95. The lowest BCUT2D eigenvalue weighted by molar-refractivity contribution is -0.0361. The van der Waals surface area contributed by atoms with E-state index in [2.05, 4.69) is 15.5 Å². The first kappa shape index (κ1) is 20.3. The van der Waals surface area contributed by atoms with Gasteiger partial charge in [-0.05, 0) is 51.0 Å². The second-order valence-electron chi connectivity index (χ2n) is 7.32. The monoisotopic (exact) mass is 406 g/mol. The number of carbonyl (C=O) groups is 1. The molecule has 2 heterocycles. The van der Waals surface area contributed by atoms with E-state index in [-0.39, 0.29) is 18.9 Å². The van der Waals surface area contributed by atoms with Gasteiger partial charge in [-0.1, -0.05) is 6.07 Å². The van der Waals surface area contributed by atoms with E-state index in [1.165, 1.54) is 30.6 Å². The molecule has 28 heavy (non-hydrogen) atoms. The van der Waals surface area contributed by atoms with Gasteiger partial charge < -0.3 is 15.3 Å². The Hall–Kier alpha value is -2.39. The summed E-state index contributed by atoms with van der Waals surface area (Å²) in [5.74, 6) is -0.467. The van der Waals surface area contributed by atoms with Crippen LogP contribution in [0.5, 0.6) is 0 Å². The van der Waals surface area contributed by atoms with Crippen LogP contribution in [-0.2, 0) is 10.8 Å². The van der Waals surface area contributed by atoms with Crippen LogP contribution in [0.1, 0.15) is 26.7 Å². The topological polar surface area (TPSA) is 95.4 Å². The van der Waals surface area contributed by atoms with Crippen LogP contribution in [-0.4, -0.2) is 53.9 Å². The highest BCUT2D eigenvalue weighted by Gasteiger charge is 2.50. The molecule has 1 aliphatic heterocycles. The Labute approximate surface area is 165 Å². The fourth-order valence-electron chi connectivity index (χ4n) is 3.30. The standard InChI is InChI=1S/C19H23FN4O3S/c1-18(2,28(27)16-5-3-4-14(20)12-16)19(26)7-10-24(11-8-19)17(25)23-15-6-9-21-22-13-15/h3-6,9,12-13,26H,7-8,10-11H2,1-2H3,(H,21,23,25). The molecule has 2 amide bonds. The molecule has 3 rings (SSSR count). The minimum absolute atomic E-state index is 0.267. The van der Waals surface area contributed by atoms with Crippen molar-refractivity contribution in [3.05, 3.63) is 48.5 Å². The van der Waals surface area contributed by atoms with Crippen molar-refractivity contribution >= 4 is 22.5 Å². The van der Waals surface area contributed by atoms with Gasteiger partial charge in [0.1, 0.15) is 5.82 Å². The number of hydrogen-bond donors (Lipinski definition) is 2. The molecule has 9 heteroatoms. The molecule has 1 atom stereocenters. The van der Waals surface area contributed by atoms with Gasteiger partial charge in [-0.3, -0.25) is 4.21 Å². The predicted octanol–water partition coefficient (Wildman–Crippen LogP) is 2.56. The summed E-state index contributed by atoms with van der Waals surface area (Å²) in [6.07, 6.45) is 3.46. The van der Waals surface area contributed by atoms with Crippen molar-refractivity contribution in [1.29, 1.82) is 0 Å². The van der Waals surface area contributed by atoms with E-state index in [4.69, 9.17) is 0 Å². The van der Waals surface area contributed by atoms with E-state index in [1.54, 1.807) is 30.9 Å². The zero-order chi connectivity index (χ0) is 20.4. The second kappa shape index (κ2) is 7.92. The number of hydrogen-bond acceptors (Lipinski definition) is 5. The molecule has 7 nitrogen and oxygen atoms in total. The number of urea groups is 1. The summed E-state index contributed by atoms with van der Waals surface area (Å²) < 4.78 is 25.6. The van der Waals surface area contributed by atoms with Gasteiger partial charge in [0.25, 0.3) is 0 Å². The molecule has 0 bridgehead atoms. The third kappa shape index (κ3) is 4.05. The van der Waals surface area contributed by atoms with Crippen molar-refractivity contribution in [3.8, 4) is 0 Å². The van der Waals surface area contributed by atoms with Gasteiger partial charge >= 0.3 is 6.03 Å². The Morgan fingerprint density at radius 2 is 2.00 bits per heavy atom. The first-order chi connectivity index (χ1) is 13.2. The van der Waals surface area contributed by atoms with E-state index in [9.17, 15) is 18.5 Å². The average Bonchev–Trinajstić information content (AvgIpc) is 2.68. The van der Waals surface area contributed by atoms with Crippen LogP contribution in [0.3, 0.4) is 0 Å². The molecule has 2 N–H and O–H groups in total. The number of aromatic nitrogens is 2. The van der Waals surface area contributed by atoms with Crippen LogP contribution in [0.2, 0.25) is 0 Å². The van der Waals surface area contributed by atoms with Crippen LogP contribution in [0.4, 0.5) is 14.9 Å². The van der Waals surface area contributed by atoms with Crippen molar-refractivity contribution in [2.45, 2.75) is 41.9 Å². The molecule has 1 unspecified atom stereocenters. The van der Waals surface area contributed by atoms with Crippen molar-refractivity contribution < 1.29 is 18.5 Å². The molecule has 0 aliphatic carbocycles. The van der Waals surface area contributed by atoms with Gasteiger partial charge in [0.2, 0.25) is 0 Å². The molecule has 2 aromatic rings. The van der Waals surface area contributed by atoms with E-state index in [0.29, 0.717) is 23.7 Å². The number of benzene rings is 1. The summed E-state index contributed by atoms with van der Waals surface area (Å²) in [6.45, 7) is 4.05. The predicted molar refractivity (Wildman–Crippen MR) is 104 cm³/mol. The van der Waals surface area contributed by atoms with Crippen molar-refractivity contribution in [2.24, 2.45) is 0 Å². The molecule has 1 saturated heterocycles. The van der Waals surface area contributed by atoms with Gasteiger partial charge in [0.15, 0.2) is 0 Å². The van der Waals surface area contributed by atoms with Crippen LogP contribution in [0, 0.1) is 5.82 Å². The Kier molecular flexibility index (Phi) is 5.76. The normalized spacial score (nSPS) is 17.8. The lowest BCUT2D eigenvalue weighted by Gasteiger charge is -2.46.